The van der Waals surface area contributed by atoms with Crippen LogP contribution in [0.25, 0.3) is 0 Å². The quantitative estimate of drug-likeness (QED) is 0.182. The summed E-state index contributed by atoms with van der Waals surface area (Å²) >= 11 is 0. The number of aliphatic hydroxyl groups excluding tert-OH is 1. The number of quaternary nitrogens is 1. The summed E-state index contributed by atoms with van der Waals surface area (Å²) in [7, 11) is 6.30. The molecule has 4 heteroatoms. The van der Waals surface area contributed by atoms with Crippen molar-refractivity contribution < 1.29 is 19.1 Å². The van der Waals surface area contributed by atoms with Crippen molar-refractivity contribution in [2.45, 2.75) is 130 Å². The smallest absolute Gasteiger partial charge is 0.160 e. The largest absolute Gasteiger partial charge is 0.387 e. The molecule has 0 spiro atoms. The molecule has 0 aromatic rings. The third-order valence-corrected chi connectivity index (χ3v) is 8.06. The number of likely N-dealkylation sites (N-methyl/N-ethyl adjacent to an activating group) is 1. The van der Waals surface area contributed by atoms with Gasteiger partial charge in [-0.2, -0.15) is 0 Å². The molecule has 0 aromatic carbocycles. The van der Waals surface area contributed by atoms with E-state index in [0.29, 0.717) is 17.8 Å². The average molecular weight is 457 g/mol. The van der Waals surface area contributed by atoms with Gasteiger partial charge in [-0.3, -0.25) is 0 Å². The summed E-state index contributed by atoms with van der Waals surface area (Å²) in [6.07, 6.45) is 16.6. The summed E-state index contributed by atoms with van der Waals surface area (Å²) < 4.78 is 12.7. The standard InChI is InChI=1S/C28H58NO3/c1-8-9-10-11-12-13-14-15-16-17-21-29(5,6)22-26(30)19-18-20-27-24(3)23(2)25(4)28(31-7)32-27/h23-28,30H,8-22H2,1-7H3/q+1. The monoisotopic (exact) mass is 456 g/mol. The van der Waals surface area contributed by atoms with Crippen LogP contribution in [0.15, 0.2) is 0 Å². The minimum absolute atomic E-state index is 0.0900. The van der Waals surface area contributed by atoms with Crippen molar-refractivity contribution >= 4 is 0 Å². The van der Waals surface area contributed by atoms with Crippen LogP contribution in [-0.4, -0.2) is 62.4 Å². The maximum Gasteiger partial charge on any atom is 0.160 e. The fourth-order valence-corrected chi connectivity index (χ4v) is 5.42. The Bertz CT molecular complexity index is 454. The molecule has 1 saturated heterocycles. The fourth-order valence-electron chi connectivity index (χ4n) is 5.42. The number of hydrogen-bond donors (Lipinski definition) is 1. The lowest BCUT2D eigenvalue weighted by atomic mass is 9.77. The molecule has 6 unspecified atom stereocenters. The molecule has 32 heavy (non-hydrogen) atoms. The second-order valence-corrected chi connectivity index (χ2v) is 11.5. The Balaban J connectivity index is 2.15. The predicted octanol–water partition coefficient (Wildman–Crippen LogP) is 6.79. The first-order chi connectivity index (χ1) is 15.2. The molecule has 192 valence electrons. The lowest BCUT2D eigenvalue weighted by Gasteiger charge is -2.43. The molecular formula is C28H58NO3+. The highest BCUT2D eigenvalue weighted by Crippen LogP contribution is 2.37. The van der Waals surface area contributed by atoms with E-state index in [1.165, 1.54) is 70.8 Å². The number of rotatable bonds is 18. The van der Waals surface area contributed by atoms with Gasteiger partial charge in [0.15, 0.2) is 6.29 Å². The van der Waals surface area contributed by atoms with E-state index in [1.807, 2.05) is 0 Å². The van der Waals surface area contributed by atoms with Crippen LogP contribution in [0.1, 0.15) is 111 Å². The maximum absolute atomic E-state index is 10.7. The van der Waals surface area contributed by atoms with E-state index in [-0.39, 0.29) is 18.5 Å². The van der Waals surface area contributed by atoms with Crippen molar-refractivity contribution in [3.8, 4) is 0 Å². The SMILES string of the molecule is CCCCCCCCCCCC[N+](C)(C)CC(O)CCCC1OC(OC)C(C)C(C)C1C. The molecule has 1 rings (SSSR count). The van der Waals surface area contributed by atoms with Gasteiger partial charge in [0.25, 0.3) is 0 Å². The normalized spacial score (nSPS) is 27.6. The van der Waals surface area contributed by atoms with Crippen molar-refractivity contribution in [2.24, 2.45) is 17.8 Å². The number of hydrogen-bond acceptors (Lipinski definition) is 3. The summed E-state index contributed by atoms with van der Waals surface area (Å²) in [5.41, 5.74) is 0. The second-order valence-electron chi connectivity index (χ2n) is 11.5. The van der Waals surface area contributed by atoms with Crippen LogP contribution in [0.5, 0.6) is 0 Å². The highest BCUT2D eigenvalue weighted by Gasteiger charge is 2.38. The Morgan fingerprint density at radius 2 is 1.38 bits per heavy atom. The third-order valence-electron chi connectivity index (χ3n) is 8.06. The summed E-state index contributed by atoms with van der Waals surface area (Å²) in [6, 6.07) is 0. The molecular weight excluding hydrogens is 398 g/mol. The van der Waals surface area contributed by atoms with E-state index in [2.05, 4.69) is 41.8 Å². The molecule has 0 aliphatic carbocycles. The van der Waals surface area contributed by atoms with Crippen LogP contribution in [-0.2, 0) is 9.47 Å². The van der Waals surface area contributed by atoms with Crippen molar-refractivity contribution in [3.05, 3.63) is 0 Å². The minimum Gasteiger partial charge on any atom is -0.387 e. The van der Waals surface area contributed by atoms with E-state index in [4.69, 9.17) is 9.47 Å². The zero-order valence-electron chi connectivity index (χ0n) is 22.8. The van der Waals surface area contributed by atoms with Gasteiger partial charge < -0.3 is 19.1 Å². The van der Waals surface area contributed by atoms with Gasteiger partial charge in [-0.05, 0) is 43.9 Å². The fraction of sp³-hybridized carbons (Fsp3) is 1.00. The average Bonchev–Trinajstić information content (AvgIpc) is 2.74. The molecule has 0 bridgehead atoms. The molecule has 0 amide bonds. The molecule has 1 heterocycles. The highest BCUT2D eigenvalue weighted by molar-refractivity contribution is 4.82. The topological polar surface area (TPSA) is 38.7 Å². The number of methoxy groups -OCH3 is 1. The van der Waals surface area contributed by atoms with Crippen molar-refractivity contribution in [1.82, 2.24) is 0 Å². The molecule has 6 atom stereocenters. The van der Waals surface area contributed by atoms with Crippen LogP contribution < -0.4 is 0 Å². The van der Waals surface area contributed by atoms with Gasteiger partial charge in [-0.1, -0.05) is 79.1 Å². The van der Waals surface area contributed by atoms with Crippen LogP contribution >= 0.6 is 0 Å². The van der Waals surface area contributed by atoms with E-state index in [1.54, 1.807) is 7.11 Å². The van der Waals surface area contributed by atoms with Crippen LogP contribution in [0.4, 0.5) is 0 Å². The number of nitrogens with zero attached hydrogens (tertiary/aromatic N) is 1. The zero-order chi connectivity index (χ0) is 24.0. The van der Waals surface area contributed by atoms with Gasteiger partial charge in [-0.15, -0.1) is 0 Å². The Labute approximate surface area is 201 Å². The van der Waals surface area contributed by atoms with Gasteiger partial charge in [0.05, 0.1) is 26.7 Å². The molecule has 1 aliphatic heterocycles. The minimum atomic E-state index is -0.221. The second kappa shape index (κ2) is 16.5. The summed E-state index contributed by atoms with van der Waals surface area (Å²) in [4.78, 5) is 0. The maximum atomic E-state index is 10.7. The van der Waals surface area contributed by atoms with Gasteiger partial charge in [0.1, 0.15) is 12.6 Å². The Hall–Kier alpha value is -0.160. The number of ether oxygens (including phenoxy) is 2. The number of aliphatic hydroxyl groups is 1. The first-order valence-corrected chi connectivity index (χ1v) is 13.9. The lowest BCUT2D eigenvalue weighted by Crippen LogP contribution is -2.46. The molecule has 1 aliphatic rings. The van der Waals surface area contributed by atoms with E-state index in [9.17, 15) is 5.11 Å². The van der Waals surface area contributed by atoms with Crippen LogP contribution in [0, 0.1) is 17.8 Å². The molecule has 4 nitrogen and oxygen atoms in total. The summed E-state index contributed by atoms with van der Waals surface area (Å²) in [5.74, 6) is 1.57. The molecule has 0 aromatic heterocycles. The summed E-state index contributed by atoms with van der Waals surface area (Å²) in [5, 5.41) is 10.7. The van der Waals surface area contributed by atoms with Crippen LogP contribution in [0.3, 0.4) is 0 Å². The Morgan fingerprint density at radius 1 is 0.812 bits per heavy atom. The molecule has 0 saturated carbocycles. The van der Waals surface area contributed by atoms with Gasteiger partial charge >= 0.3 is 0 Å². The van der Waals surface area contributed by atoms with E-state index >= 15 is 0 Å². The third kappa shape index (κ3) is 11.8. The molecule has 1 N–H and O–H groups in total. The number of unbranched alkanes of at least 4 members (excludes halogenated alkanes) is 9. The Morgan fingerprint density at radius 3 is 1.94 bits per heavy atom. The first kappa shape index (κ1) is 29.9. The predicted molar refractivity (Wildman–Crippen MR) is 137 cm³/mol. The highest BCUT2D eigenvalue weighted by atomic mass is 16.7. The Kier molecular flexibility index (Phi) is 15.4. The molecule has 0 radical (unpaired) electrons. The van der Waals surface area contributed by atoms with Gasteiger partial charge in [0.2, 0.25) is 0 Å². The lowest BCUT2D eigenvalue weighted by molar-refractivity contribution is -0.893. The molecule has 1 fully saturated rings. The van der Waals surface area contributed by atoms with Crippen LogP contribution in [0.2, 0.25) is 0 Å². The van der Waals surface area contributed by atoms with Gasteiger partial charge in [0, 0.05) is 13.0 Å². The first-order valence-electron chi connectivity index (χ1n) is 13.9. The van der Waals surface area contributed by atoms with Crippen molar-refractivity contribution in [3.63, 3.8) is 0 Å². The summed E-state index contributed by atoms with van der Waals surface area (Å²) in [6.45, 7) is 11.2. The van der Waals surface area contributed by atoms with E-state index in [0.717, 1.165) is 30.3 Å². The van der Waals surface area contributed by atoms with E-state index < -0.39 is 0 Å². The van der Waals surface area contributed by atoms with Crippen molar-refractivity contribution in [2.75, 3.05) is 34.3 Å². The van der Waals surface area contributed by atoms with Crippen molar-refractivity contribution in [1.29, 1.82) is 0 Å². The van der Waals surface area contributed by atoms with Gasteiger partial charge in [-0.25, -0.2) is 0 Å². The zero-order valence-corrected chi connectivity index (χ0v) is 22.8.